The summed E-state index contributed by atoms with van der Waals surface area (Å²) in [6.07, 6.45) is 4.17. The number of hydrogen-bond donors (Lipinski definition) is 1. The first-order valence-corrected chi connectivity index (χ1v) is 7.95. The van der Waals surface area contributed by atoms with E-state index in [0.717, 1.165) is 11.9 Å². The molecule has 0 aliphatic carbocycles. The molecule has 0 amide bonds. The summed E-state index contributed by atoms with van der Waals surface area (Å²) in [5.74, 6) is 0.446. The standard InChI is InChI=1S/C12H14N6O2S/c1-2-6-17-11(15-16-12(17)21(13,19)20)9-8-14-18-7-4-3-5-10(9)18/h3-5,7-8H,2,6H2,1H3,(H2,13,19,20). The van der Waals surface area contributed by atoms with Crippen LogP contribution in [-0.2, 0) is 16.6 Å². The van der Waals surface area contributed by atoms with E-state index in [4.69, 9.17) is 5.14 Å². The summed E-state index contributed by atoms with van der Waals surface area (Å²) < 4.78 is 26.4. The smallest absolute Gasteiger partial charge is 0.273 e. The molecule has 0 fully saturated rings. The maximum absolute atomic E-state index is 11.6. The van der Waals surface area contributed by atoms with Crippen molar-refractivity contribution < 1.29 is 8.42 Å². The highest BCUT2D eigenvalue weighted by molar-refractivity contribution is 7.89. The number of fused-ring (bicyclic) bond motifs is 1. The van der Waals surface area contributed by atoms with Gasteiger partial charge in [0.25, 0.3) is 15.2 Å². The minimum Gasteiger partial charge on any atom is -0.297 e. The van der Waals surface area contributed by atoms with Gasteiger partial charge in [-0.05, 0) is 18.6 Å². The molecule has 0 unspecified atom stereocenters. The molecule has 0 radical (unpaired) electrons. The van der Waals surface area contributed by atoms with E-state index in [2.05, 4.69) is 15.3 Å². The van der Waals surface area contributed by atoms with Crippen LogP contribution in [0.15, 0.2) is 35.7 Å². The highest BCUT2D eigenvalue weighted by atomic mass is 32.2. The molecule has 110 valence electrons. The van der Waals surface area contributed by atoms with E-state index in [-0.39, 0.29) is 5.16 Å². The molecular weight excluding hydrogens is 292 g/mol. The van der Waals surface area contributed by atoms with E-state index in [1.165, 1.54) is 4.57 Å². The fraction of sp³-hybridized carbons (Fsp3) is 0.250. The lowest BCUT2D eigenvalue weighted by Gasteiger charge is -2.06. The van der Waals surface area contributed by atoms with Gasteiger partial charge in [-0.3, -0.25) is 4.57 Å². The number of sulfonamides is 1. The van der Waals surface area contributed by atoms with E-state index in [1.807, 2.05) is 25.1 Å². The van der Waals surface area contributed by atoms with Gasteiger partial charge in [0.15, 0.2) is 5.82 Å². The van der Waals surface area contributed by atoms with Gasteiger partial charge in [-0.15, -0.1) is 10.2 Å². The Kier molecular flexibility index (Phi) is 3.22. The zero-order chi connectivity index (χ0) is 15.0. The molecule has 9 heteroatoms. The largest absolute Gasteiger partial charge is 0.297 e. The quantitative estimate of drug-likeness (QED) is 0.761. The van der Waals surface area contributed by atoms with Crippen LogP contribution in [0, 0.1) is 0 Å². The Labute approximate surface area is 121 Å². The molecule has 8 nitrogen and oxygen atoms in total. The Balaban J connectivity index is 2.25. The van der Waals surface area contributed by atoms with Gasteiger partial charge >= 0.3 is 0 Å². The molecule has 21 heavy (non-hydrogen) atoms. The van der Waals surface area contributed by atoms with Crippen molar-refractivity contribution in [2.45, 2.75) is 25.0 Å². The van der Waals surface area contributed by atoms with E-state index >= 15 is 0 Å². The summed E-state index contributed by atoms with van der Waals surface area (Å²) in [7, 11) is -3.92. The number of nitrogens with zero attached hydrogens (tertiary/aromatic N) is 5. The molecule has 3 aromatic heterocycles. The van der Waals surface area contributed by atoms with Crippen LogP contribution in [-0.4, -0.2) is 32.8 Å². The third kappa shape index (κ3) is 2.30. The zero-order valence-corrected chi connectivity index (χ0v) is 12.2. The van der Waals surface area contributed by atoms with E-state index < -0.39 is 10.0 Å². The summed E-state index contributed by atoms with van der Waals surface area (Å²) >= 11 is 0. The molecule has 2 N–H and O–H groups in total. The second-order valence-electron chi connectivity index (χ2n) is 4.59. The van der Waals surface area contributed by atoms with Gasteiger partial charge in [-0.1, -0.05) is 13.0 Å². The zero-order valence-electron chi connectivity index (χ0n) is 11.3. The van der Waals surface area contributed by atoms with Crippen molar-refractivity contribution in [1.29, 1.82) is 0 Å². The number of aromatic nitrogens is 5. The molecule has 3 aromatic rings. The van der Waals surface area contributed by atoms with Crippen LogP contribution in [0.5, 0.6) is 0 Å². The maximum atomic E-state index is 11.6. The minimum absolute atomic E-state index is 0.227. The molecule has 0 saturated carbocycles. The average Bonchev–Trinajstić information content (AvgIpc) is 3.02. The predicted molar refractivity (Wildman–Crippen MR) is 75.9 cm³/mol. The Hall–Kier alpha value is -2.26. The third-order valence-electron chi connectivity index (χ3n) is 3.09. The predicted octanol–water partition coefficient (Wildman–Crippen LogP) is 0.650. The van der Waals surface area contributed by atoms with Crippen LogP contribution in [0.4, 0.5) is 0 Å². The lowest BCUT2D eigenvalue weighted by atomic mass is 10.2. The van der Waals surface area contributed by atoms with Crippen LogP contribution in [0.25, 0.3) is 16.9 Å². The van der Waals surface area contributed by atoms with Crippen molar-refractivity contribution in [3.8, 4) is 11.4 Å². The van der Waals surface area contributed by atoms with Crippen LogP contribution >= 0.6 is 0 Å². The molecule has 0 aromatic carbocycles. The SMILES string of the molecule is CCCn1c(-c2cnn3ccccc23)nnc1S(N)(=O)=O. The molecule has 0 saturated heterocycles. The first-order chi connectivity index (χ1) is 10.0. The molecule has 0 atom stereocenters. The van der Waals surface area contributed by atoms with Crippen molar-refractivity contribution in [2.24, 2.45) is 5.14 Å². The van der Waals surface area contributed by atoms with Gasteiger partial charge in [-0.2, -0.15) is 5.10 Å². The number of nitrogens with two attached hydrogens (primary N) is 1. The molecule has 0 aliphatic heterocycles. The summed E-state index contributed by atoms with van der Waals surface area (Å²) in [5, 5.41) is 16.9. The lowest BCUT2D eigenvalue weighted by molar-refractivity contribution is 0.559. The minimum atomic E-state index is -3.92. The number of primary sulfonamides is 1. The summed E-state index contributed by atoms with van der Waals surface area (Å²) in [4.78, 5) is 0. The highest BCUT2D eigenvalue weighted by Gasteiger charge is 2.23. The van der Waals surface area contributed by atoms with Crippen LogP contribution in [0.1, 0.15) is 13.3 Å². The van der Waals surface area contributed by atoms with Gasteiger partial charge in [0.05, 0.1) is 17.3 Å². The molecule has 0 spiro atoms. The van der Waals surface area contributed by atoms with Crippen molar-refractivity contribution in [2.75, 3.05) is 0 Å². The first kappa shape index (κ1) is 13.7. The number of hydrogen-bond acceptors (Lipinski definition) is 5. The fourth-order valence-corrected chi connectivity index (χ4v) is 2.87. The normalized spacial score (nSPS) is 12.1. The Morgan fingerprint density at radius 2 is 2.10 bits per heavy atom. The monoisotopic (exact) mass is 306 g/mol. The summed E-state index contributed by atoms with van der Waals surface area (Å²) in [5.41, 5.74) is 1.54. The van der Waals surface area contributed by atoms with Gasteiger partial charge in [0, 0.05) is 12.7 Å². The number of pyridine rings is 1. The fourth-order valence-electron chi connectivity index (χ4n) is 2.23. The van der Waals surface area contributed by atoms with Crippen molar-refractivity contribution in [3.63, 3.8) is 0 Å². The van der Waals surface area contributed by atoms with Crippen molar-refractivity contribution in [1.82, 2.24) is 24.4 Å². The molecular formula is C12H14N6O2S. The van der Waals surface area contributed by atoms with Crippen LogP contribution in [0.2, 0.25) is 0 Å². The molecule has 3 rings (SSSR count). The van der Waals surface area contributed by atoms with Gasteiger partial charge < -0.3 is 0 Å². The van der Waals surface area contributed by atoms with Crippen LogP contribution < -0.4 is 5.14 Å². The second-order valence-corrected chi connectivity index (χ2v) is 6.05. The van der Waals surface area contributed by atoms with Gasteiger partial charge in [0.1, 0.15) is 0 Å². The topological polar surface area (TPSA) is 108 Å². The van der Waals surface area contributed by atoms with E-state index in [0.29, 0.717) is 17.9 Å². The Bertz CT molecular complexity index is 896. The number of rotatable bonds is 4. The Morgan fingerprint density at radius 3 is 2.81 bits per heavy atom. The van der Waals surface area contributed by atoms with Gasteiger partial charge in [0.2, 0.25) is 0 Å². The summed E-state index contributed by atoms with van der Waals surface area (Å²) in [6, 6.07) is 5.61. The average molecular weight is 306 g/mol. The van der Waals surface area contributed by atoms with Crippen molar-refractivity contribution >= 4 is 15.5 Å². The molecule has 0 aliphatic rings. The van der Waals surface area contributed by atoms with Crippen LogP contribution in [0.3, 0.4) is 0 Å². The summed E-state index contributed by atoms with van der Waals surface area (Å²) in [6.45, 7) is 2.39. The second kappa shape index (κ2) is 4.93. The maximum Gasteiger partial charge on any atom is 0.273 e. The first-order valence-electron chi connectivity index (χ1n) is 6.41. The Morgan fingerprint density at radius 1 is 1.29 bits per heavy atom. The molecule has 3 heterocycles. The van der Waals surface area contributed by atoms with E-state index in [9.17, 15) is 8.42 Å². The van der Waals surface area contributed by atoms with Crippen molar-refractivity contribution in [3.05, 3.63) is 30.6 Å². The van der Waals surface area contributed by atoms with E-state index in [1.54, 1.807) is 16.9 Å². The van der Waals surface area contributed by atoms with Gasteiger partial charge in [-0.25, -0.2) is 18.1 Å². The highest BCUT2D eigenvalue weighted by Crippen LogP contribution is 2.24. The third-order valence-corrected chi connectivity index (χ3v) is 3.90. The lowest BCUT2D eigenvalue weighted by Crippen LogP contribution is -2.19. The molecule has 0 bridgehead atoms.